The molecule has 0 saturated carbocycles. The number of hydrogen-bond acceptors (Lipinski definition) is 3. The Kier molecular flexibility index (Phi) is 5.58. The summed E-state index contributed by atoms with van der Waals surface area (Å²) in [4.78, 5) is 0. The summed E-state index contributed by atoms with van der Waals surface area (Å²) < 4.78 is 5.58. The van der Waals surface area contributed by atoms with Crippen LogP contribution in [0.2, 0.25) is 0 Å². The Morgan fingerprint density at radius 3 is 2.80 bits per heavy atom. The molecule has 15 heavy (non-hydrogen) atoms. The van der Waals surface area contributed by atoms with Crippen molar-refractivity contribution in [2.24, 2.45) is 0 Å². The predicted molar refractivity (Wildman–Crippen MR) is 64.2 cm³/mol. The average molecular weight is 214 g/mol. The fraction of sp³-hybridized carbons (Fsp3) is 1.00. The van der Waals surface area contributed by atoms with Gasteiger partial charge < -0.3 is 15.4 Å². The molecule has 0 radical (unpaired) electrons. The van der Waals surface area contributed by atoms with Gasteiger partial charge in [0.15, 0.2) is 0 Å². The number of ether oxygens (including phenoxy) is 1. The van der Waals surface area contributed by atoms with Gasteiger partial charge in [0.2, 0.25) is 0 Å². The van der Waals surface area contributed by atoms with E-state index in [0.717, 1.165) is 32.7 Å². The summed E-state index contributed by atoms with van der Waals surface area (Å²) in [5, 5.41) is 6.95. The van der Waals surface area contributed by atoms with Crippen molar-refractivity contribution in [1.29, 1.82) is 0 Å². The van der Waals surface area contributed by atoms with E-state index in [1.807, 2.05) is 0 Å². The molecule has 1 atom stereocenters. The minimum Gasteiger partial charge on any atom is -0.378 e. The molecule has 0 spiro atoms. The molecule has 0 bridgehead atoms. The van der Waals surface area contributed by atoms with Crippen LogP contribution in [0.1, 0.15) is 40.0 Å². The molecule has 2 N–H and O–H groups in total. The predicted octanol–water partition coefficient (Wildman–Crippen LogP) is 1.53. The lowest BCUT2D eigenvalue weighted by Crippen LogP contribution is -2.47. The standard InChI is InChI=1S/C12H26N2O/c1-4-14-12(2,3)10-13-8-7-11-6-5-9-15-11/h11,13-14H,4-10H2,1-3H3. The van der Waals surface area contributed by atoms with Gasteiger partial charge in [-0.1, -0.05) is 6.92 Å². The van der Waals surface area contributed by atoms with E-state index < -0.39 is 0 Å². The molecule has 3 heteroatoms. The Labute approximate surface area is 94.0 Å². The molecule has 1 rings (SSSR count). The zero-order valence-electron chi connectivity index (χ0n) is 10.4. The van der Waals surface area contributed by atoms with Crippen LogP contribution < -0.4 is 10.6 Å². The molecule has 1 fully saturated rings. The highest BCUT2D eigenvalue weighted by atomic mass is 16.5. The molecule has 0 aliphatic carbocycles. The third kappa shape index (κ3) is 5.50. The van der Waals surface area contributed by atoms with Crippen LogP contribution in [0.3, 0.4) is 0 Å². The number of nitrogens with one attached hydrogen (secondary N) is 2. The summed E-state index contributed by atoms with van der Waals surface area (Å²) in [6, 6.07) is 0. The molecule has 0 aromatic carbocycles. The first-order valence-corrected chi connectivity index (χ1v) is 6.21. The fourth-order valence-corrected chi connectivity index (χ4v) is 2.08. The zero-order chi connectivity index (χ0) is 11.1. The molecule has 1 heterocycles. The van der Waals surface area contributed by atoms with Crippen LogP contribution in [0.4, 0.5) is 0 Å². The van der Waals surface area contributed by atoms with E-state index in [-0.39, 0.29) is 5.54 Å². The quantitative estimate of drug-likeness (QED) is 0.631. The molecule has 0 aromatic heterocycles. The molecule has 1 aliphatic rings. The van der Waals surface area contributed by atoms with Crippen molar-refractivity contribution in [2.45, 2.75) is 51.7 Å². The molecular formula is C12H26N2O. The maximum absolute atomic E-state index is 5.58. The Balaban J connectivity index is 2.00. The lowest BCUT2D eigenvalue weighted by molar-refractivity contribution is 0.104. The van der Waals surface area contributed by atoms with Gasteiger partial charge in [0, 0.05) is 18.7 Å². The minimum atomic E-state index is 0.200. The molecule has 90 valence electrons. The van der Waals surface area contributed by atoms with E-state index >= 15 is 0 Å². The highest BCUT2D eigenvalue weighted by molar-refractivity contribution is 4.79. The van der Waals surface area contributed by atoms with Gasteiger partial charge in [-0.2, -0.15) is 0 Å². The van der Waals surface area contributed by atoms with Crippen LogP contribution in [-0.2, 0) is 4.74 Å². The van der Waals surface area contributed by atoms with Crippen LogP contribution in [0.5, 0.6) is 0 Å². The van der Waals surface area contributed by atoms with Crippen molar-refractivity contribution in [1.82, 2.24) is 10.6 Å². The normalized spacial score (nSPS) is 22.2. The van der Waals surface area contributed by atoms with Crippen molar-refractivity contribution in [3.8, 4) is 0 Å². The average Bonchev–Trinajstić information content (AvgIpc) is 2.65. The van der Waals surface area contributed by atoms with Crippen LogP contribution in [0.15, 0.2) is 0 Å². The Morgan fingerprint density at radius 1 is 1.40 bits per heavy atom. The van der Waals surface area contributed by atoms with Gasteiger partial charge in [-0.25, -0.2) is 0 Å². The summed E-state index contributed by atoms with van der Waals surface area (Å²) in [6.45, 7) is 10.7. The van der Waals surface area contributed by atoms with Gasteiger partial charge in [0.25, 0.3) is 0 Å². The van der Waals surface area contributed by atoms with Crippen LogP contribution in [0.25, 0.3) is 0 Å². The van der Waals surface area contributed by atoms with E-state index in [9.17, 15) is 0 Å². The maximum atomic E-state index is 5.58. The fourth-order valence-electron chi connectivity index (χ4n) is 2.08. The lowest BCUT2D eigenvalue weighted by atomic mass is 10.1. The van der Waals surface area contributed by atoms with Crippen molar-refractivity contribution >= 4 is 0 Å². The second-order valence-electron chi connectivity index (χ2n) is 5.01. The smallest absolute Gasteiger partial charge is 0.0588 e. The minimum absolute atomic E-state index is 0.200. The summed E-state index contributed by atoms with van der Waals surface area (Å²) >= 11 is 0. The third-order valence-electron chi connectivity index (χ3n) is 2.89. The first-order chi connectivity index (χ1) is 7.14. The van der Waals surface area contributed by atoms with E-state index in [1.165, 1.54) is 12.8 Å². The van der Waals surface area contributed by atoms with E-state index in [0.29, 0.717) is 6.10 Å². The van der Waals surface area contributed by atoms with E-state index in [1.54, 1.807) is 0 Å². The molecule has 1 unspecified atom stereocenters. The summed E-state index contributed by atoms with van der Waals surface area (Å²) in [5.41, 5.74) is 0.200. The Hall–Kier alpha value is -0.120. The van der Waals surface area contributed by atoms with E-state index in [2.05, 4.69) is 31.4 Å². The van der Waals surface area contributed by atoms with Crippen molar-refractivity contribution in [2.75, 3.05) is 26.2 Å². The molecule has 0 amide bonds. The van der Waals surface area contributed by atoms with Gasteiger partial charge in [0.1, 0.15) is 0 Å². The number of hydrogen-bond donors (Lipinski definition) is 2. The van der Waals surface area contributed by atoms with Crippen molar-refractivity contribution in [3.63, 3.8) is 0 Å². The van der Waals surface area contributed by atoms with Crippen LogP contribution in [0, 0.1) is 0 Å². The van der Waals surface area contributed by atoms with E-state index in [4.69, 9.17) is 4.74 Å². The summed E-state index contributed by atoms with van der Waals surface area (Å²) in [7, 11) is 0. The highest BCUT2D eigenvalue weighted by Crippen LogP contribution is 2.14. The van der Waals surface area contributed by atoms with Crippen molar-refractivity contribution in [3.05, 3.63) is 0 Å². The molecule has 1 saturated heterocycles. The summed E-state index contributed by atoms with van der Waals surface area (Å²) in [6.07, 6.45) is 4.16. The molecule has 0 aromatic rings. The second-order valence-corrected chi connectivity index (χ2v) is 5.01. The van der Waals surface area contributed by atoms with Crippen LogP contribution >= 0.6 is 0 Å². The number of rotatable bonds is 7. The molecule has 3 nitrogen and oxygen atoms in total. The SMILES string of the molecule is CCNC(C)(C)CNCCC1CCCO1. The van der Waals surface area contributed by atoms with Crippen molar-refractivity contribution < 1.29 is 4.74 Å². The van der Waals surface area contributed by atoms with Gasteiger partial charge in [-0.3, -0.25) is 0 Å². The highest BCUT2D eigenvalue weighted by Gasteiger charge is 2.17. The van der Waals surface area contributed by atoms with Gasteiger partial charge in [-0.15, -0.1) is 0 Å². The summed E-state index contributed by atoms with van der Waals surface area (Å²) in [5.74, 6) is 0. The largest absolute Gasteiger partial charge is 0.378 e. The van der Waals surface area contributed by atoms with Gasteiger partial charge >= 0.3 is 0 Å². The number of likely N-dealkylation sites (N-methyl/N-ethyl adjacent to an activating group) is 1. The lowest BCUT2D eigenvalue weighted by Gasteiger charge is -2.26. The molecule has 1 aliphatic heterocycles. The monoisotopic (exact) mass is 214 g/mol. The topological polar surface area (TPSA) is 33.3 Å². The molecular weight excluding hydrogens is 188 g/mol. The van der Waals surface area contributed by atoms with Crippen LogP contribution in [-0.4, -0.2) is 37.9 Å². The Morgan fingerprint density at radius 2 is 2.20 bits per heavy atom. The van der Waals surface area contributed by atoms with Gasteiger partial charge in [0.05, 0.1) is 6.10 Å². The first kappa shape index (κ1) is 12.9. The Bertz CT molecular complexity index is 165. The third-order valence-corrected chi connectivity index (χ3v) is 2.89. The first-order valence-electron chi connectivity index (χ1n) is 6.21. The maximum Gasteiger partial charge on any atom is 0.0588 e. The van der Waals surface area contributed by atoms with Gasteiger partial charge in [-0.05, 0) is 46.2 Å². The zero-order valence-corrected chi connectivity index (χ0v) is 10.4. The second kappa shape index (κ2) is 6.46.